The lowest BCUT2D eigenvalue weighted by atomic mass is 10.1. The fourth-order valence-corrected chi connectivity index (χ4v) is 2.63. The third-order valence-corrected chi connectivity index (χ3v) is 4.01. The summed E-state index contributed by atoms with van der Waals surface area (Å²) in [6, 6.07) is 17.5. The zero-order valence-electron chi connectivity index (χ0n) is 15.2. The van der Waals surface area contributed by atoms with Gasteiger partial charge in [0.25, 0.3) is 0 Å². The quantitative estimate of drug-likeness (QED) is 0.612. The smallest absolute Gasteiger partial charge is 0.159 e. The lowest BCUT2D eigenvalue weighted by Crippen LogP contribution is -2.02. The van der Waals surface area contributed by atoms with Crippen molar-refractivity contribution in [3.63, 3.8) is 0 Å². The van der Waals surface area contributed by atoms with E-state index < -0.39 is 0 Å². The predicted octanol–water partition coefficient (Wildman–Crippen LogP) is 5.04. The molecular formula is C21H22N4O. The Morgan fingerprint density at radius 2 is 1.58 bits per heavy atom. The first-order chi connectivity index (χ1) is 12.5. The van der Waals surface area contributed by atoms with Crippen molar-refractivity contribution >= 4 is 28.8 Å². The molecule has 26 heavy (non-hydrogen) atoms. The summed E-state index contributed by atoms with van der Waals surface area (Å²) < 4.78 is 0. The molecule has 3 rings (SSSR count). The molecule has 0 bridgehead atoms. The van der Waals surface area contributed by atoms with Gasteiger partial charge in [0, 0.05) is 23.0 Å². The average Bonchev–Trinajstić information content (AvgIpc) is 2.62. The van der Waals surface area contributed by atoms with E-state index in [2.05, 4.69) is 39.7 Å². The van der Waals surface area contributed by atoms with Crippen molar-refractivity contribution in [2.75, 3.05) is 10.6 Å². The standard InChI is InChI=1S/C21H22N4O/c1-4-16-8-10-18(11-9-16)24-20-13-21(23-15(3)22-20)25-19-7-5-6-17(12-19)14(2)26/h5-13H,4H2,1-3H3,(H2,22,23,24,25). The molecule has 2 aromatic carbocycles. The molecule has 0 aliphatic rings. The van der Waals surface area contributed by atoms with Crippen LogP contribution in [0.25, 0.3) is 0 Å². The van der Waals surface area contributed by atoms with E-state index in [9.17, 15) is 4.79 Å². The molecule has 1 heterocycles. The number of rotatable bonds is 6. The van der Waals surface area contributed by atoms with E-state index in [1.54, 1.807) is 13.0 Å². The van der Waals surface area contributed by atoms with Gasteiger partial charge in [-0.15, -0.1) is 0 Å². The number of nitrogens with one attached hydrogen (secondary N) is 2. The van der Waals surface area contributed by atoms with Crippen LogP contribution in [0.3, 0.4) is 0 Å². The van der Waals surface area contributed by atoms with Gasteiger partial charge in [0.15, 0.2) is 5.78 Å². The molecule has 0 fully saturated rings. The van der Waals surface area contributed by atoms with Gasteiger partial charge < -0.3 is 10.6 Å². The van der Waals surface area contributed by atoms with Crippen LogP contribution in [-0.2, 0) is 6.42 Å². The Morgan fingerprint density at radius 1 is 0.923 bits per heavy atom. The van der Waals surface area contributed by atoms with Gasteiger partial charge in [-0.05, 0) is 50.1 Å². The maximum absolute atomic E-state index is 11.5. The second kappa shape index (κ2) is 7.78. The lowest BCUT2D eigenvalue weighted by molar-refractivity contribution is 0.101. The molecule has 1 aromatic heterocycles. The molecule has 0 radical (unpaired) electrons. The van der Waals surface area contributed by atoms with Crippen molar-refractivity contribution in [3.05, 3.63) is 71.5 Å². The third-order valence-electron chi connectivity index (χ3n) is 4.01. The Bertz CT molecular complexity index is 920. The first-order valence-electron chi connectivity index (χ1n) is 8.63. The number of hydrogen-bond acceptors (Lipinski definition) is 5. The predicted molar refractivity (Wildman–Crippen MR) is 106 cm³/mol. The summed E-state index contributed by atoms with van der Waals surface area (Å²) in [5.41, 5.74) is 3.75. The Labute approximate surface area is 153 Å². The van der Waals surface area contributed by atoms with Gasteiger partial charge in [-0.2, -0.15) is 0 Å². The van der Waals surface area contributed by atoms with Gasteiger partial charge in [0.05, 0.1) is 0 Å². The summed E-state index contributed by atoms with van der Waals surface area (Å²) in [4.78, 5) is 20.4. The summed E-state index contributed by atoms with van der Waals surface area (Å²) in [5.74, 6) is 2.08. The van der Waals surface area contributed by atoms with Crippen LogP contribution in [0.15, 0.2) is 54.6 Å². The molecule has 0 amide bonds. The van der Waals surface area contributed by atoms with Crippen molar-refractivity contribution in [2.24, 2.45) is 0 Å². The highest BCUT2D eigenvalue weighted by atomic mass is 16.1. The highest BCUT2D eigenvalue weighted by Gasteiger charge is 2.05. The fraction of sp³-hybridized carbons (Fsp3) is 0.190. The molecule has 5 nitrogen and oxygen atoms in total. The lowest BCUT2D eigenvalue weighted by Gasteiger charge is -2.11. The van der Waals surface area contributed by atoms with Crippen molar-refractivity contribution in [1.29, 1.82) is 0 Å². The Hall–Kier alpha value is -3.21. The second-order valence-electron chi connectivity index (χ2n) is 6.12. The molecular weight excluding hydrogens is 324 g/mol. The highest BCUT2D eigenvalue weighted by molar-refractivity contribution is 5.95. The molecule has 0 aliphatic heterocycles. The first-order valence-corrected chi connectivity index (χ1v) is 8.63. The fourth-order valence-electron chi connectivity index (χ4n) is 2.63. The highest BCUT2D eigenvalue weighted by Crippen LogP contribution is 2.21. The Kier molecular flexibility index (Phi) is 5.27. The van der Waals surface area contributed by atoms with Crippen LogP contribution in [0.4, 0.5) is 23.0 Å². The number of nitrogens with zero attached hydrogens (tertiary/aromatic N) is 2. The van der Waals surface area contributed by atoms with Gasteiger partial charge in [-0.3, -0.25) is 4.79 Å². The van der Waals surface area contributed by atoms with E-state index in [1.165, 1.54) is 5.56 Å². The number of benzene rings is 2. The normalized spacial score (nSPS) is 10.4. The van der Waals surface area contributed by atoms with E-state index in [4.69, 9.17) is 0 Å². The molecule has 0 unspecified atom stereocenters. The largest absolute Gasteiger partial charge is 0.340 e. The molecule has 3 aromatic rings. The van der Waals surface area contributed by atoms with Gasteiger partial charge >= 0.3 is 0 Å². The minimum atomic E-state index is 0.0328. The van der Waals surface area contributed by atoms with Crippen LogP contribution < -0.4 is 10.6 Å². The van der Waals surface area contributed by atoms with Crippen molar-refractivity contribution < 1.29 is 4.79 Å². The molecule has 0 saturated heterocycles. The number of anilines is 4. The zero-order chi connectivity index (χ0) is 18.5. The maximum Gasteiger partial charge on any atom is 0.159 e. The molecule has 2 N–H and O–H groups in total. The summed E-state index contributed by atoms with van der Waals surface area (Å²) >= 11 is 0. The summed E-state index contributed by atoms with van der Waals surface area (Å²) in [6.07, 6.45) is 1.01. The summed E-state index contributed by atoms with van der Waals surface area (Å²) in [5, 5.41) is 6.55. The van der Waals surface area contributed by atoms with E-state index in [0.29, 0.717) is 23.0 Å². The number of carbonyl (C=O) groups is 1. The van der Waals surface area contributed by atoms with Crippen LogP contribution in [-0.4, -0.2) is 15.8 Å². The monoisotopic (exact) mass is 346 g/mol. The first kappa shape index (κ1) is 17.6. The average molecular weight is 346 g/mol. The Balaban J connectivity index is 1.80. The van der Waals surface area contributed by atoms with Gasteiger partial charge in [0.1, 0.15) is 17.5 Å². The summed E-state index contributed by atoms with van der Waals surface area (Å²) in [6.45, 7) is 5.54. The zero-order valence-corrected chi connectivity index (χ0v) is 15.2. The molecule has 132 valence electrons. The Morgan fingerprint density at radius 3 is 2.19 bits per heavy atom. The van der Waals surface area contributed by atoms with Crippen LogP contribution in [0.5, 0.6) is 0 Å². The second-order valence-corrected chi connectivity index (χ2v) is 6.12. The van der Waals surface area contributed by atoms with Crippen molar-refractivity contribution in [2.45, 2.75) is 27.2 Å². The van der Waals surface area contributed by atoms with E-state index in [0.717, 1.165) is 17.8 Å². The van der Waals surface area contributed by atoms with Crippen molar-refractivity contribution in [1.82, 2.24) is 9.97 Å². The van der Waals surface area contributed by atoms with E-state index >= 15 is 0 Å². The van der Waals surface area contributed by atoms with E-state index in [-0.39, 0.29) is 5.78 Å². The third kappa shape index (κ3) is 4.45. The topological polar surface area (TPSA) is 66.9 Å². The molecule has 0 atom stereocenters. The molecule has 0 aliphatic carbocycles. The van der Waals surface area contributed by atoms with Crippen LogP contribution >= 0.6 is 0 Å². The molecule has 0 saturated carbocycles. The minimum Gasteiger partial charge on any atom is -0.340 e. The van der Waals surface area contributed by atoms with Gasteiger partial charge in [-0.1, -0.05) is 31.2 Å². The SMILES string of the molecule is CCc1ccc(Nc2cc(Nc3cccc(C(C)=O)c3)nc(C)n2)cc1. The molecule has 0 spiro atoms. The van der Waals surface area contributed by atoms with E-state index in [1.807, 2.05) is 43.3 Å². The van der Waals surface area contributed by atoms with Crippen LogP contribution in [0.2, 0.25) is 0 Å². The van der Waals surface area contributed by atoms with Crippen LogP contribution in [0.1, 0.15) is 35.6 Å². The van der Waals surface area contributed by atoms with Gasteiger partial charge in [-0.25, -0.2) is 9.97 Å². The minimum absolute atomic E-state index is 0.0328. The number of aromatic nitrogens is 2. The number of hydrogen-bond donors (Lipinski definition) is 2. The number of Topliss-reactive ketones (excluding diaryl/α,β-unsaturated/α-hetero) is 1. The van der Waals surface area contributed by atoms with Gasteiger partial charge in [0.2, 0.25) is 0 Å². The van der Waals surface area contributed by atoms with Crippen LogP contribution in [0, 0.1) is 6.92 Å². The molecule has 5 heteroatoms. The van der Waals surface area contributed by atoms with Crippen molar-refractivity contribution in [3.8, 4) is 0 Å². The number of carbonyl (C=O) groups excluding carboxylic acids is 1. The number of aryl methyl sites for hydroxylation is 2. The number of ketones is 1. The summed E-state index contributed by atoms with van der Waals surface area (Å²) in [7, 11) is 0. The maximum atomic E-state index is 11.5.